The van der Waals surface area contributed by atoms with Gasteiger partial charge in [0.2, 0.25) is 0 Å². The van der Waals surface area contributed by atoms with E-state index >= 15 is 0 Å². The molecule has 0 aromatic heterocycles. The lowest BCUT2D eigenvalue weighted by molar-refractivity contribution is -0.0700. The minimum Gasteiger partial charge on any atom is -0.393 e. The summed E-state index contributed by atoms with van der Waals surface area (Å²) in [7, 11) is 0. The van der Waals surface area contributed by atoms with Gasteiger partial charge in [-0.15, -0.1) is 0 Å². The Morgan fingerprint density at radius 1 is 1.20 bits per heavy atom. The Bertz CT molecular complexity index is 697. The first-order valence-electron chi connectivity index (χ1n) is 12.2. The summed E-state index contributed by atoms with van der Waals surface area (Å²) in [4.78, 5) is 0. The van der Waals surface area contributed by atoms with Crippen molar-refractivity contribution >= 4 is 0 Å². The normalized spacial score (nSPS) is 38.8. The third-order valence-electron chi connectivity index (χ3n) is 8.56. The number of fused-ring (bicyclic) bond motifs is 1. The van der Waals surface area contributed by atoms with Crippen LogP contribution in [0, 0.1) is 17.3 Å². The molecule has 0 aliphatic heterocycles. The van der Waals surface area contributed by atoms with Crippen molar-refractivity contribution < 1.29 is 15.3 Å². The summed E-state index contributed by atoms with van der Waals surface area (Å²) >= 11 is 0. The van der Waals surface area contributed by atoms with Crippen LogP contribution in [-0.2, 0) is 0 Å². The second kappa shape index (κ2) is 8.92. The molecule has 0 saturated heterocycles. The van der Waals surface area contributed by atoms with E-state index < -0.39 is 11.2 Å². The molecule has 3 N–H and O–H groups in total. The van der Waals surface area contributed by atoms with Crippen molar-refractivity contribution in [3.8, 4) is 0 Å². The van der Waals surface area contributed by atoms with Gasteiger partial charge in [-0.1, -0.05) is 51.0 Å². The van der Waals surface area contributed by atoms with Crippen LogP contribution in [-0.4, -0.2) is 32.6 Å². The van der Waals surface area contributed by atoms with Crippen LogP contribution in [0.1, 0.15) is 98.3 Å². The highest BCUT2D eigenvalue weighted by Gasteiger charge is 2.59. The van der Waals surface area contributed by atoms with Crippen molar-refractivity contribution in [2.24, 2.45) is 17.3 Å². The predicted octanol–water partition coefficient (Wildman–Crippen LogP) is 5.85. The fourth-order valence-corrected chi connectivity index (χ4v) is 6.63. The van der Waals surface area contributed by atoms with Crippen molar-refractivity contribution in [1.29, 1.82) is 0 Å². The van der Waals surface area contributed by atoms with Gasteiger partial charge in [-0.25, -0.2) is 0 Å². The second-order valence-electron chi connectivity index (χ2n) is 11.3. The maximum absolute atomic E-state index is 11.9. The largest absolute Gasteiger partial charge is 0.393 e. The van der Waals surface area contributed by atoms with Gasteiger partial charge in [-0.2, -0.15) is 0 Å². The van der Waals surface area contributed by atoms with Crippen molar-refractivity contribution in [2.75, 3.05) is 0 Å². The maximum Gasteiger partial charge on any atom is 0.0915 e. The molecule has 0 aromatic rings. The lowest BCUT2D eigenvalue weighted by Crippen LogP contribution is -2.50. The highest BCUT2D eigenvalue weighted by Crippen LogP contribution is 2.62. The van der Waals surface area contributed by atoms with E-state index in [9.17, 15) is 15.3 Å². The Hall–Kier alpha value is -0.900. The van der Waals surface area contributed by atoms with Gasteiger partial charge >= 0.3 is 0 Å². The SMILES string of the molecule is C=C1CC[C@H](O)C/C1=C/C=C1\CCC[C@]2(C)[C@@H]([C@H](C)CCCC(C)(C)O)CC[C@@]12O. The molecular formula is C27H44O3. The third-order valence-corrected chi connectivity index (χ3v) is 8.56. The number of hydrogen-bond acceptors (Lipinski definition) is 3. The summed E-state index contributed by atoms with van der Waals surface area (Å²) in [6.45, 7) is 12.6. The first-order chi connectivity index (χ1) is 14.0. The van der Waals surface area contributed by atoms with Gasteiger partial charge in [0.1, 0.15) is 0 Å². The highest BCUT2D eigenvalue weighted by molar-refractivity contribution is 5.38. The van der Waals surface area contributed by atoms with Crippen LogP contribution in [0.2, 0.25) is 0 Å². The van der Waals surface area contributed by atoms with Gasteiger partial charge in [-0.05, 0) is 94.6 Å². The van der Waals surface area contributed by atoms with Crippen LogP contribution >= 0.6 is 0 Å². The van der Waals surface area contributed by atoms with Gasteiger partial charge in [-0.3, -0.25) is 0 Å². The molecule has 0 spiro atoms. The molecule has 0 unspecified atom stereocenters. The number of aliphatic hydroxyl groups is 3. The van der Waals surface area contributed by atoms with Crippen molar-refractivity contribution in [3.63, 3.8) is 0 Å². The average molecular weight is 417 g/mol. The highest BCUT2D eigenvalue weighted by atomic mass is 16.3. The van der Waals surface area contributed by atoms with Crippen LogP contribution in [0.25, 0.3) is 0 Å². The number of rotatable bonds is 6. The molecule has 0 heterocycles. The monoisotopic (exact) mass is 416 g/mol. The number of hydrogen-bond donors (Lipinski definition) is 3. The van der Waals surface area contributed by atoms with Crippen LogP contribution in [0.4, 0.5) is 0 Å². The molecule has 0 bridgehead atoms. The molecule has 3 nitrogen and oxygen atoms in total. The zero-order chi connectivity index (χ0) is 22.2. The van der Waals surface area contributed by atoms with E-state index in [1.54, 1.807) is 0 Å². The van der Waals surface area contributed by atoms with Gasteiger partial charge in [0, 0.05) is 5.41 Å². The molecular weight excluding hydrogens is 372 g/mol. The van der Waals surface area contributed by atoms with Crippen LogP contribution in [0.5, 0.6) is 0 Å². The van der Waals surface area contributed by atoms with Gasteiger partial charge < -0.3 is 15.3 Å². The van der Waals surface area contributed by atoms with Crippen molar-refractivity contribution in [1.82, 2.24) is 0 Å². The molecule has 170 valence electrons. The van der Waals surface area contributed by atoms with E-state index in [1.165, 1.54) is 5.57 Å². The van der Waals surface area contributed by atoms with E-state index in [0.29, 0.717) is 18.3 Å². The van der Waals surface area contributed by atoms with Gasteiger partial charge in [0.15, 0.2) is 0 Å². The summed E-state index contributed by atoms with van der Waals surface area (Å²) in [5, 5.41) is 32.0. The maximum atomic E-state index is 11.9. The molecule has 3 fully saturated rings. The van der Waals surface area contributed by atoms with E-state index in [-0.39, 0.29) is 11.5 Å². The third kappa shape index (κ3) is 4.79. The predicted molar refractivity (Wildman–Crippen MR) is 124 cm³/mol. The van der Waals surface area contributed by atoms with Gasteiger partial charge in [0.25, 0.3) is 0 Å². The van der Waals surface area contributed by atoms with Crippen LogP contribution < -0.4 is 0 Å². The lowest BCUT2D eigenvalue weighted by Gasteiger charge is -2.50. The van der Waals surface area contributed by atoms with Crippen molar-refractivity contribution in [2.45, 2.75) is 116 Å². The standard InChI is InChI=1S/C27H44O3/c1-19-10-13-23(28)18-21(19)11-12-22-9-7-16-26(5)24(14-17-27(22,26)30)20(2)8-6-15-25(3,4)29/h11-12,20,23-24,28-30H,1,6-10,13-18H2,2-5H3/b21-11-,22-12+/t20-,23+,24-,26-,27-/m1/s1. The summed E-state index contributed by atoms with van der Waals surface area (Å²) in [5.41, 5.74) is 2.08. The lowest BCUT2D eigenvalue weighted by atomic mass is 9.58. The Balaban J connectivity index is 1.76. The van der Waals surface area contributed by atoms with Crippen LogP contribution in [0.15, 0.2) is 35.5 Å². The molecule has 3 aliphatic carbocycles. The Kier molecular flexibility index (Phi) is 7.06. The molecule has 3 aliphatic rings. The molecule has 0 amide bonds. The van der Waals surface area contributed by atoms with E-state index in [0.717, 1.165) is 75.4 Å². The first-order valence-corrected chi connectivity index (χ1v) is 12.2. The van der Waals surface area contributed by atoms with E-state index in [2.05, 4.69) is 32.6 Å². The zero-order valence-corrected chi connectivity index (χ0v) is 19.7. The first kappa shape index (κ1) is 23.8. The summed E-state index contributed by atoms with van der Waals surface area (Å²) < 4.78 is 0. The summed E-state index contributed by atoms with van der Waals surface area (Å²) in [6, 6.07) is 0. The fourth-order valence-electron chi connectivity index (χ4n) is 6.63. The summed E-state index contributed by atoms with van der Waals surface area (Å²) in [6.07, 6.45) is 14.5. The number of allylic oxidation sites excluding steroid dienone is 3. The Morgan fingerprint density at radius 3 is 2.63 bits per heavy atom. The molecule has 3 rings (SSSR count). The quantitative estimate of drug-likeness (QED) is 0.509. The number of aliphatic hydroxyl groups excluding tert-OH is 1. The Morgan fingerprint density at radius 2 is 1.93 bits per heavy atom. The molecule has 5 atom stereocenters. The Labute approximate surface area is 184 Å². The molecule has 0 radical (unpaired) electrons. The topological polar surface area (TPSA) is 60.7 Å². The zero-order valence-electron chi connectivity index (χ0n) is 19.7. The van der Waals surface area contributed by atoms with E-state index in [4.69, 9.17) is 0 Å². The van der Waals surface area contributed by atoms with Crippen molar-refractivity contribution in [3.05, 3.63) is 35.5 Å². The van der Waals surface area contributed by atoms with E-state index in [1.807, 2.05) is 13.8 Å². The minimum atomic E-state index is -0.716. The molecule has 0 aromatic carbocycles. The fraction of sp³-hybridized carbons (Fsp3) is 0.778. The molecule has 3 heteroatoms. The van der Waals surface area contributed by atoms with Gasteiger partial charge in [0.05, 0.1) is 17.3 Å². The molecule has 30 heavy (non-hydrogen) atoms. The van der Waals surface area contributed by atoms with Crippen LogP contribution in [0.3, 0.4) is 0 Å². The molecule has 3 saturated carbocycles. The second-order valence-corrected chi connectivity index (χ2v) is 11.3. The minimum absolute atomic E-state index is 0.0766. The summed E-state index contributed by atoms with van der Waals surface area (Å²) in [5.74, 6) is 1.07. The smallest absolute Gasteiger partial charge is 0.0915 e. The average Bonchev–Trinajstić information content (AvgIpc) is 2.93.